The molecule has 0 N–H and O–H groups in total. The second-order valence-electron chi connectivity index (χ2n) is 9.71. The van der Waals surface area contributed by atoms with Crippen molar-refractivity contribution in [3.63, 3.8) is 0 Å². The Morgan fingerprint density at radius 3 is 2.33 bits per heavy atom. The van der Waals surface area contributed by atoms with E-state index >= 15 is 0 Å². The van der Waals surface area contributed by atoms with Gasteiger partial charge in [-0.15, -0.1) is 0 Å². The van der Waals surface area contributed by atoms with E-state index in [4.69, 9.17) is 5.26 Å². The van der Waals surface area contributed by atoms with Crippen molar-refractivity contribution in [1.29, 1.82) is 5.26 Å². The molecule has 0 aromatic heterocycles. The summed E-state index contributed by atoms with van der Waals surface area (Å²) in [6.45, 7) is 6.49. The fraction of sp³-hybridized carbons (Fsp3) is 0.444. The Kier molecular flexibility index (Phi) is 6.27. The summed E-state index contributed by atoms with van der Waals surface area (Å²) in [6, 6.07) is 17.5. The first-order valence-electron chi connectivity index (χ1n) is 11.6. The van der Waals surface area contributed by atoms with E-state index in [0.717, 1.165) is 43.6 Å². The van der Waals surface area contributed by atoms with Crippen LogP contribution in [-0.2, 0) is 11.3 Å². The van der Waals surface area contributed by atoms with Crippen molar-refractivity contribution >= 4 is 11.8 Å². The van der Waals surface area contributed by atoms with Gasteiger partial charge in [0.25, 0.3) is 5.91 Å². The van der Waals surface area contributed by atoms with E-state index in [-0.39, 0.29) is 23.8 Å². The van der Waals surface area contributed by atoms with Gasteiger partial charge in [-0.3, -0.25) is 14.5 Å². The summed E-state index contributed by atoms with van der Waals surface area (Å²) in [6.07, 6.45) is 1.48. The third kappa shape index (κ3) is 4.02. The number of amides is 2. The van der Waals surface area contributed by atoms with Gasteiger partial charge in [0.1, 0.15) is 0 Å². The van der Waals surface area contributed by atoms with Gasteiger partial charge in [0, 0.05) is 45.3 Å². The predicted molar refractivity (Wildman–Crippen MR) is 128 cm³/mol. The maximum atomic E-state index is 13.7. The number of piperidine rings is 1. The molecule has 172 valence electrons. The van der Waals surface area contributed by atoms with Crippen molar-refractivity contribution in [2.45, 2.75) is 50.7 Å². The second kappa shape index (κ2) is 8.99. The summed E-state index contributed by atoms with van der Waals surface area (Å²) in [5, 5.41) is 9.04. The van der Waals surface area contributed by atoms with Gasteiger partial charge < -0.3 is 9.80 Å². The lowest BCUT2D eigenvalue weighted by Crippen LogP contribution is -2.66. The number of benzene rings is 2. The fourth-order valence-electron chi connectivity index (χ4n) is 5.64. The quantitative estimate of drug-likeness (QED) is 0.722. The van der Waals surface area contributed by atoms with Crippen LogP contribution in [0.4, 0.5) is 0 Å². The molecule has 0 aliphatic carbocycles. The first kappa shape index (κ1) is 23.0. The topological polar surface area (TPSA) is 67.7 Å². The normalized spacial score (nSPS) is 19.9. The molecule has 6 nitrogen and oxygen atoms in total. The largest absolute Gasteiger partial charge is 0.348 e. The molecular weight excluding hydrogens is 412 g/mol. The zero-order chi connectivity index (χ0) is 23.8. The number of carbonyl (C=O) groups is 2. The average molecular weight is 445 g/mol. The minimum atomic E-state index is -0.540. The number of hydrogen-bond donors (Lipinski definition) is 0. The van der Waals surface area contributed by atoms with Gasteiger partial charge in [-0.1, -0.05) is 30.3 Å². The van der Waals surface area contributed by atoms with E-state index < -0.39 is 5.54 Å². The highest BCUT2D eigenvalue weighted by Crippen LogP contribution is 2.48. The summed E-state index contributed by atoms with van der Waals surface area (Å²) >= 11 is 0. The summed E-state index contributed by atoms with van der Waals surface area (Å²) in [7, 11) is 3.60. The number of likely N-dealkylation sites (N-methyl/N-ethyl adjacent to an activating group) is 1. The van der Waals surface area contributed by atoms with Crippen LogP contribution in [0.15, 0.2) is 48.5 Å². The van der Waals surface area contributed by atoms with Crippen molar-refractivity contribution < 1.29 is 9.59 Å². The highest BCUT2D eigenvalue weighted by molar-refractivity contribution is 6.02. The van der Waals surface area contributed by atoms with Gasteiger partial charge in [0.05, 0.1) is 23.1 Å². The Hall–Kier alpha value is -3.17. The van der Waals surface area contributed by atoms with Gasteiger partial charge in [-0.2, -0.15) is 5.26 Å². The van der Waals surface area contributed by atoms with Crippen molar-refractivity contribution in [2.24, 2.45) is 0 Å². The second-order valence-corrected chi connectivity index (χ2v) is 9.71. The van der Waals surface area contributed by atoms with Crippen LogP contribution in [0.2, 0.25) is 0 Å². The Bertz CT molecular complexity index is 1080. The van der Waals surface area contributed by atoms with E-state index in [0.29, 0.717) is 11.1 Å². The minimum absolute atomic E-state index is 0.00612. The fourth-order valence-corrected chi connectivity index (χ4v) is 5.64. The van der Waals surface area contributed by atoms with Gasteiger partial charge in [-0.05, 0) is 56.0 Å². The van der Waals surface area contributed by atoms with Gasteiger partial charge in [-0.25, -0.2) is 0 Å². The van der Waals surface area contributed by atoms with Crippen LogP contribution < -0.4 is 0 Å². The molecule has 2 heterocycles. The van der Waals surface area contributed by atoms with E-state index in [1.807, 2.05) is 67.3 Å². The number of nitriles is 1. The minimum Gasteiger partial charge on any atom is -0.348 e. The van der Waals surface area contributed by atoms with E-state index in [1.165, 1.54) is 0 Å². The molecule has 2 aromatic rings. The number of nitrogens with zero attached hydrogens (tertiary/aromatic N) is 4. The first-order valence-corrected chi connectivity index (χ1v) is 11.6. The third-order valence-electron chi connectivity index (χ3n) is 7.15. The summed E-state index contributed by atoms with van der Waals surface area (Å²) in [5.74, 6) is -0.286. The van der Waals surface area contributed by atoms with Crippen LogP contribution in [0.5, 0.6) is 0 Å². The lowest BCUT2D eigenvalue weighted by molar-refractivity contribution is -0.136. The van der Waals surface area contributed by atoms with Crippen molar-refractivity contribution in [3.8, 4) is 6.07 Å². The van der Waals surface area contributed by atoms with Crippen LogP contribution >= 0.6 is 0 Å². The molecule has 1 fully saturated rings. The Balaban J connectivity index is 1.68. The van der Waals surface area contributed by atoms with Gasteiger partial charge in [0.15, 0.2) is 0 Å². The van der Waals surface area contributed by atoms with E-state index in [9.17, 15) is 9.59 Å². The Morgan fingerprint density at radius 2 is 1.76 bits per heavy atom. The highest BCUT2D eigenvalue weighted by Gasteiger charge is 2.56. The molecule has 2 aliphatic rings. The van der Waals surface area contributed by atoms with Crippen molar-refractivity contribution in [3.05, 3.63) is 70.8 Å². The predicted octanol–water partition coefficient (Wildman–Crippen LogP) is 3.63. The van der Waals surface area contributed by atoms with Crippen LogP contribution in [0.25, 0.3) is 0 Å². The Morgan fingerprint density at radius 1 is 1.12 bits per heavy atom. The first-order chi connectivity index (χ1) is 15.8. The molecule has 2 aliphatic heterocycles. The molecule has 2 aromatic carbocycles. The van der Waals surface area contributed by atoms with E-state index in [1.54, 1.807) is 19.0 Å². The number of rotatable bonds is 4. The maximum absolute atomic E-state index is 13.7. The zero-order valence-electron chi connectivity index (χ0n) is 19.9. The lowest BCUT2D eigenvalue weighted by Gasteiger charge is -2.57. The van der Waals surface area contributed by atoms with Gasteiger partial charge in [0.2, 0.25) is 5.91 Å². The van der Waals surface area contributed by atoms with Crippen LogP contribution in [0.1, 0.15) is 59.7 Å². The smallest absolute Gasteiger partial charge is 0.254 e. The molecule has 0 saturated carbocycles. The standard InChI is InChI=1S/C27H32N4O2/c1-19(2)31-25(32)23-8-6-5-7-22(23)24(26(33)29(3)4)27(31)13-15-30(16-14-27)18-21-11-9-20(17-28)10-12-21/h5-12,19,24H,13-16,18H2,1-4H3. The van der Waals surface area contributed by atoms with Gasteiger partial charge >= 0.3 is 0 Å². The van der Waals surface area contributed by atoms with Crippen molar-refractivity contribution in [2.75, 3.05) is 27.2 Å². The van der Waals surface area contributed by atoms with Crippen LogP contribution in [0, 0.1) is 11.3 Å². The molecule has 0 bridgehead atoms. The molecule has 6 heteroatoms. The van der Waals surface area contributed by atoms with Crippen molar-refractivity contribution in [1.82, 2.24) is 14.7 Å². The zero-order valence-corrected chi connectivity index (χ0v) is 19.9. The molecule has 1 atom stereocenters. The molecule has 1 saturated heterocycles. The molecule has 1 spiro atoms. The number of likely N-dealkylation sites (tertiary alicyclic amines) is 1. The number of fused-ring (bicyclic) bond motifs is 1. The van der Waals surface area contributed by atoms with Crippen LogP contribution in [-0.4, -0.2) is 65.3 Å². The highest BCUT2D eigenvalue weighted by atomic mass is 16.2. The molecule has 1 unspecified atom stereocenters. The monoisotopic (exact) mass is 444 g/mol. The lowest BCUT2D eigenvalue weighted by atomic mass is 9.66. The molecule has 0 radical (unpaired) electrons. The SMILES string of the molecule is CC(C)N1C(=O)c2ccccc2C(C(=O)N(C)C)C12CCN(Cc1ccc(C#N)cc1)CC2. The number of hydrogen-bond acceptors (Lipinski definition) is 4. The average Bonchev–Trinajstić information content (AvgIpc) is 2.81. The molecule has 2 amide bonds. The molecule has 4 rings (SSSR count). The maximum Gasteiger partial charge on any atom is 0.254 e. The third-order valence-corrected chi connectivity index (χ3v) is 7.15. The Labute approximate surface area is 196 Å². The molecular formula is C27H32N4O2. The number of carbonyl (C=O) groups excluding carboxylic acids is 2. The summed E-state index contributed by atoms with van der Waals surface area (Å²) in [5.41, 5.74) is 2.79. The van der Waals surface area contributed by atoms with E-state index in [2.05, 4.69) is 11.0 Å². The summed E-state index contributed by atoms with van der Waals surface area (Å²) in [4.78, 5) is 33.3. The molecule has 33 heavy (non-hydrogen) atoms. The van der Waals surface area contributed by atoms with Crippen LogP contribution in [0.3, 0.4) is 0 Å². The summed E-state index contributed by atoms with van der Waals surface area (Å²) < 4.78 is 0.